The van der Waals surface area contributed by atoms with Gasteiger partial charge in [-0.2, -0.15) is 0 Å². The number of thiophene rings is 1. The van der Waals surface area contributed by atoms with E-state index < -0.39 is 12.2 Å². The molecule has 0 atom stereocenters. The highest BCUT2D eigenvalue weighted by Gasteiger charge is 2.43. The molecule has 0 unspecified atom stereocenters. The quantitative estimate of drug-likeness (QED) is 0.809. The summed E-state index contributed by atoms with van der Waals surface area (Å²) < 4.78 is 6.19. The number of nitrogens with zero attached hydrogens (tertiary/aromatic N) is 2. The van der Waals surface area contributed by atoms with E-state index in [9.17, 15) is 9.59 Å². The van der Waals surface area contributed by atoms with Gasteiger partial charge in [-0.15, -0.1) is 11.3 Å². The number of aliphatic hydroxyl groups excluding tert-OH is 1. The molecule has 1 saturated heterocycles. The fourth-order valence-electron chi connectivity index (χ4n) is 3.88. The molecular formula is C20H23N3O4S. The van der Waals surface area contributed by atoms with Crippen LogP contribution in [0, 0.1) is 0 Å². The minimum Gasteiger partial charge on any atom is -0.387 e. The minimum atomic E-state index is -0.460. The molecule has 0 aromatic carbocycles. The minimum absolute atomic E-state index is 0.104. The van der Waals surface area contributed by atoms with Gasteiger partial charge in [0.2, 0.25) is 5.91 Å². The molecule has 0 aliphatic carbocycles. The van der Waals surface area contributed by atoms with E-state index in [-0.39, 0.29) is 11.8 Å². The molecule has 0 radical (unpaired) electrons. The van der Waals surface area contributed by atoms with Gasteiger partial charge in [-0.3, -0.25) is 14.6 Å². The number of pyridine rings is 1. The summed E-state index contributed by atoms with van der Waals surface area (Å²) in [7, 11) is 0. The molecule has 1 spiro atoms. The SMILES string of the molecule is O=C(NCc1ccccn1)c1cc2c(s1)C1(CCN(C(=O)CO)CC1)OCC2. The van der Waals surface area contributed by atoms with Gasteiger partial charge in [0.25, 0.3) is 5.91 Å². The first-order chi connectivity index (χ1) is 13.6. The maximum absolute atomic E-state index is 12.6. The monoisotopic (exact) mass is 401 g/mol. The number of likely N-dealkylation sites (tertiary alicyclic amines) is 1. The van der Waals surface area contributed by atoms with Crippen molar-refractivity contribution in [3.05, 3.63) is 51.5 Å². The Morgan fingerprint density at radius 1 is 1.32 bits per heavy atom. The number of piperidine rings is 1. The molecule has 2 aromatic heterocycles. The molecule has 8 heteroatoms. The summed E-state index contributed by atoms with van der Waals surface area (Å²) in [5, 5.41) is 12.0. The van der Waals surface area contributed by atoms with Crippen molar-refractivity contribution < 1.29 is 19.4 Å². The van der Waals surface area contributed by atoms with E-state index in [1.807, 2.05) is 24.3 Å². The van der Waals surface area contributed by atoms with Gasteiger partial charge in [0.1, 0.15) is 12.2 Å². The van der Waals surface area contributed by atoms with Gasteiger partial charge >= 0.3 is 0 Å². The summed E-state index contributed by atoms with van der Waals surface area (Å²) >= 11 is 1.49. The maximum atomic E-state index is 12.6. The number of hydrogen-bond acceptors (Lipinski definition) is 6. The third kappa shape index (κ3) is 3.67. The number of rotatable bonds is 4. The van der Waals surface area contributed by atoms with Crippen LogP contribution in [0.3, 0.4) is 0 Å². The Labute approximate surface area is 167 Å². The zero-order chi connectivity index (χ0) is 19.6. The second-order valence-electron chi connectivity index (χ2n) is 7.10. The highest BCUT2D eigenvalue weighted by molar-refractivity contribution is 7.14. The van der Waals surface area contributed by atoms with Crippen LogP contribution in [0.4, 0.5) is 0 Å². The second kappa shape index (κ2) is 7.98. The lowest BCUT2D eigenvalue weighted by Crippen LogP contribution is -2.48. The van der Waals surface area contributed by atoms with Gasteiger partial charge in [0, 0.05) is 24.2 Å². The van der Waals surface area contributed by atoms with E-state index in [4.69, 9.17) is 9.84 Å². The number of hydrogen-bond donors (Lipinski definition) is 2. The molecule has 1 fully saturated rings. The summed E-state index contributed by atoms with van der Waals surface area (Å²) in [4.78, 5) is 32.1. The highest BCUT2D eigenvalue weighted by Crippen LogP contribution is 2.45. The smallest absolute Gasteiger partial charge is 0.261 e. The Morgan fingerprint density at radius 3 is 2.86 bits per heavy atom. The number of ether oxygens (including phenoxy) is 1. The zero-order valence-electron chi connectivity index (χ0n) is 15.5. The average Bonchev–Trinajstić information content (AvgIpc) is 3.19. The topological polar surface area (TPSA) is 91.8 Å². The van der Waals surface area contributed by atoms with Crippen LogP contribution in [0.15, 0.2) is 30.5 Å². The Hall–Kier alpha value is -2.29. The standard InChI is InChI=1S/C20H23N3O4S/c24-13-17(25)23-8-5-20(6-9-23)18-14(4-10-27-20)11-16(28-18)19(26)22-12-15-3-1-2-7-21-15/h1-3,7,11,24H,4-6,8-10,12-13H2,(H,22,26). The van der Waals surface area contributed by atoms with Crippen molar-refractivity contribution in [3.8, 4) is 0 Å². The fourth-order valence-corrected chi connectivity index (χ4v) is 5.21. The van der Waals surface area contributed by atoms with Crippen LogP contribution in [0.1, 0.15) is 38.6 Å². The molecule has 7 nitrogen and oxygen atoms in total. The van der Waals surface area contributed by atoms with Crippen molar-refractivity contribution in [1.82, 2.24) is 15.2 Å². The summed E-state index contributed by atoms with van der Waals surface area (Å²) in [6.45, 7) is 1.66. The zero-order valence-corrected chi connectivity index (χ0v) is 16.3. The molecule has 2 aliphatic rings. The summed E-state index contributed by atoms with van der Waals surface area (Å²) in [6.07, 6.45) is 3.86. The van der Waals surface area contributed by atoms with Crippen molar-refractivity contribution in [3.63, 3.8) is 0 Å². The predicted octanol–water partition coefficient (Wildman–Crippen LogP) is 1.46. The van der Waals surface area contributed by atoms with Crippen LogP contribution in [0.2, 0.25) is 0 Å². The molecule has 2 aliphatic heterocycles. The first kappa shape index (κ1) is 19.0. The van der Waals surface area contributed by atoms with Crippen molar-refractivity contribution in [2.45, 2.75) is 31.4 Å². The summed E-state index contributed by atoms with van der Waals surface area (Å²) in [5.74, 6) is -0.347. The molecule has 2 amide bonds. The number of carbonyl (C=O) groups is 2. The molecular weight excluding hydrogens is 378 g/mol. The Bertz CT molecular complexity index is 860. The largest absolute Gasteiger partial charge is 0.387 e. The van der Waals surface area contributed by atoms with Gasteiger partial charge < -0.3 is 20.1 Å². The normalized spacial score (nSPS) is 18.0. The van der Waals surface area contributed by atoms with Crippen LogP contribution in [0.5, 0.6) is 0 Å². The van der Waals surface area contributed by atoms with Crippen LogP contribution < -0.4 is 5.32 Å². The van der Waals surface area contributed by atoms with E-state index in [2.05, 4.69) is 10.3 Å². The maximum Gasteiger partial charge on any atom is 0.261 e. The molecule has 2 aromatic rings. The molecule has 4 heterocycles. The first-order valence-corrected chi connectivity index (χ1v) is 10.3. The molecule has 0 saturated carbocycles. The van der Waals surface area contributed by atoms with Gasteiger partial charge in [-0.05, 0) is 43.0 Å². The molecule has 2 N–H and O–H groups in total. The van der Waals surface area contributed by atoms with E-state index >= 15 is 0 Å². The van der Waals surface area contributed by atoms with Crippen molar-refractivity contribution in [1.29, 1.82) is 0 Å². The van der Waals surface area contributed by atoms with Gasteiger partial charge in [-0.1, -0.05) is 6.07 Å². The number of aromatic nitrogens is 1. The van der Waals surface area contributed by atoms with Crippen molar-refractivity contribution in [2.24, 2.45) is 0 Å². The van der Waals surface area contributed by atoms with Crippen LogP contribution in [-0.2, 0) is 28.1 Å². The number of carbonyl (C=O) groups excluding carboxylic acids is 2. The summed E-state index contributed by atoms with van der Waals surface area (Å²) in [5.41, 5.74) is 1.56. The number of fused-ring (bicyclic) bond motifs is 2. The van der Waals surface area contributed by atoms with Crippen LogP contribution >= 0.6 is 11.3 Å². The number of nitrogens with one attached hydrogen (secondary N) is 1. The van der Waals surface area contributed by atoms with Crippen molar-refractivity contribution >= 4 is 23.2 Å². The third-order valence-electron chi connectivity index (χ3n) is 5.41. The molecule has 28 heavy (non-hydrogen) atoms. The third-order valence-corrected chi connectivity index (χ3v) is 6.77. The molecule has 0 bridgehead atoms. The lowest BCUT2D eigenvalue weighted by Gasteiger charge is -2.43. The van der Waals surface area contributed by atoms with E-state index in [1.54, 1.807) is 11.1 Å². The second-order valence-corrected chi connectivity index (χ2v) is 8.15. The van der Waals surface area contributed by atoms with Gasteiger partial charge in [0.05, 0.1) is 23.7 Å². The number of amides is 2. The van der Waals surface area contributed by atoms with E-state index in [1.165, 1.54) is 16.9 Å². The summed E-state index contributed by atoms with van der Waals surface area (Å²) in [6, 6.07) is 7.60. The fraction of sp³-hybridized carbons (Fsp3) is 0.450. The Morgan fingerprint density at radius 2 is 2.14 bits per heavy atom. The lowest BCUT2D eigenvalue weighted by molar-refractivity contribution is -0.143. The first-order valence-electron chi connectivity index (χ1n) is 9.45. The molecule has 4 rings (SSSR count). The predicted molar refractivity (Wildman–Crippen MR) is 104 cm³/mol. The van der Waals surface area contributed by atoms with E-state index in [0.717, 1.165) is 17.0 Å². The van der Waals surface area contributed by atoms with Crippen LogP contribution in [0.25, 0.3) is 0 Å². The lowest BCUT2D eigenvalue weighted by atomic mass is 9.85. The Balaban J connectivity index is 1.48. The molecule has 148 valence electrons. The van der Waals surface area contributed by atoms with Crippen LogP contribution in [-0.4, -0.2) is 53.1 Å². The Kier molecular flexibility index (Phi) is 5.43. The van der Waals surface area contributed by atoms with E-state index in [0.29, 0.717) is 44.0 Å². The van der Waals surface area contributed by atoms with Crippen molar-refractivity contribution in [2.75, 3.05) is 26.3 Å². The van der Waals surface area contributed by atoms with Gasteiger partial charge in [0.15, 0.2) is 0 Å². The highest BCUT2D eigenvalue weighted by atomic mass is 32.1. The number of aliphatic hydroxyl groups is 1. The average molecular weight is 401 g/mol. The van der Waals surface area contributed by atoms with Gasteiger partial charge in [-0.25, -0.2) is 0 Å².